The first-order valence-electron chi connectivity index (χ1n) is 10.9. The van der Waals surface area contributed by atoms with Gasteiger partial charge in [0.1, 0.15) is 0 Å². The van der Waals surface area contributed by atoms with Gasteiger partial charge in [0.25, 0.3) is 0 Å². The van der Waals surface area contributed by atoms with Crippen LogP contribution in [0.15, 0.2) is 30.6 Å². The maximum Gasteiger partial charge on any atom is 0.416 e. The Kier molecular flexibility index (Phi) is 7.84. The largest absolute Gasteiger partial charge is 0.416 e. The van der Waals surface area contributed by atoms with Crippen molar-refractivity contribution in [3.63, 3.8) is 0 Å². The number of rotatable bonds is 5. The Labute approximate surface area is 192 Å². The number of aromatic nitrogens is 2. The van der Waals surface area contributed by atoms with Crippen LogP contribution in [-0.2, 0) is 12.4 Å². The number of benzene rings is 1. The van der Waals surface area contributed by atoms with Crippen LogP contribution >= 0.6 is 0 Å². The Morgan fingerprint density at radius 3 is 1.85 bits per heavy atom. The highest BCUT2D eigenvalue weighted by Gasteiger charge is 2.39. The van der Waals surface area contributed by atoms with Gasteiger partial charge in [-0.15, -0.1) is 22.5 Å². The SMILES string of the molecule is CC(c1ccc(C(F)(F)F)cc1C(F)(F)F)n1cc(C#C[Si-](C(C)C)(C(C)C)C(C)C)cn1. The van der Waals surface area contributed by atoms with E-state index < -0.39 is 37.6 Å². The van der Waals surface area contributed by atoms with E-state index in [0.717, 1.165) is 6.07 Å². The van der Waals surface area contributed by atoms with Crippen molar-refractivity contribution in [3.8, 4) is 11.5 Å². The second-order valence-corrected chi connectivity index (χ2v) is 14.9. The molecule has 0 N–H and O–H groups in total. The van der Waals surface area contributed by atoms with Gasteiger partial charge in [-0.2, -0.15) is 31.4 Å². The number of nitrogens with zero attached hydrogens (tertiary/aromatic N) is 2. The lowest BCUT2D eigenvalue weighted by Crippen LogP contribution is -2.43. The van der Waals surface area contributed by atoms with E-state index >= 15 is 0 Å². The monoisotopic (exact) mass is 488 g/mol. The van der Waals surface area contributed by atoms with Gasteiger partial charge in [0.05, 0.1) is 28.9 Å². The van der Waals surface area contributed by atoms with Crippen LogP contribution in [0.2, 0.25) is 16.6 Å². The molecule has 1 aromatic carbocycles. The van der Waals surface area contributed by atoms with Crippen LogP contribution in [0.3, 0.4) is 0 Å². The third-order valence-corrected chi connectivity index (χ3v) is 12.7. The molecule has 0 aliphatic rings. The molecule has 0 bridgehead atoms. The normalized spacial score (nSPS) is 14.1. The van der Waals surface area contributed by atoms with E-state index in [4.69, 9.17) is 0 Å². The van der Waals surface area contributed by atoms with Crippen LogP contribution in [0.5, 0.6) is 0 Å². The van der Waals surface area contributed by atoms with E-state index in [1.807, 2.05) is 0 Å². The summed E-state index contributed by atoms with van der Waals surface area (Å²) < 4.78 is 80.9. The fraction of sp³-hybridized carbons (Fsp3) is 0.542. The Bertz CT molecular complexity index is 1000. The minimum Gasteiger partial charge on any atom is -0.278 e. The van der Waals surface area contributed by atoms with Crippen molar-refractivity contribution in [2.45, 2.75) is 83.5 Å². The quantitative estimate of drug-likeness (QED) is 0.236. The van der Waals surface area contributed by atoms with Gasteiger partial charge >= 0.3 is 12.4 Å². The molecule has 1 atom stereocenters. The molecule has 0 radical (unpaired) electrons. The molecule has 33 heavy (non-hydrogen) atoms. The topological polar surface area (TPSA) is 17.8 Å². The van der Waals surface area contributed by atoms with E-state index in [9.17, 15) is 26.3 Å². The molecule has 2 nitrogen and oxygen atoms in total. The van der Waals surface area contributed by atoms with E-state index in [0.29, 0.717) is 28.3 Å². The molecule has 1 aromatic heterocycles. The Morgan fingerprint density at radius 1 is 0.848 bits per heavy atom. The lowest BCUT2D eigenvalue weighted by molar-refractivity contribution is -0.143. The Hall–Kier alpha value is -2.21. The lowest BCUT2D eigenvalue weighted by Gasteiger charge is -2.50. The molecule has 1 heterocycles. The molecule has 2 rings (SSSR count). The van der Waals surface area contributed by atoms with Crippen LogP contribution in [0, 0.1) is 11.5 Å². The zero-order valence-corrected chi connectivity index (χ0v) is 20.9. The summed E-state index contributed by atoms with van der Waals surface area (Å²) in [6.07, 6.45) is -6.76. The minimum absolute atomic E-state index is 0.157. The van der Waals surface area contributed by atoms with Crippen molar-refractivity contribution < 1.29 is 26.3 Å². The van der Waals surface area contributed by atoms with E-state index in [1.165, 1.54) is 17.8 Å². The van der Waals surface area contributed by atoms with Gasteiger partial charge in [0.2, 0.25) is 0 Å². The van der Waals surface area contributed by atoms with Crippen molar-refractivity contribution in [1.29, 1.82) is 0 Å². The van der Waals surface area contributed by atoms with E-state index in [-0.39, 0.29) is 11.6 Å². The van der Waals surface area contributed by atoms with E-state index in [2.05, 4.69) is 58.1 Å². The molecule has 0 saturated heterocycles. The predicted octanol–water partition coefficient (Wildman–Crippen LogP) is 8.10. The predicted molar refractivity (Wildman–Crippen MR) is 120 cm³/mol. The molecule has 0 aliphatic heterocycles. The molecule has 9 heteroatoms. The molecule has 0 amide bonds. The standard InChI is InChI=1S/C24H30F6N2Si/c1-15(2)33(16(3)4,17(5)6)11-10-19-13-31-32(14-19)18(7)21-9-8-20(23(25,26)27)12-22(21)24(28,29)30/h8-9,12-18H,1-7H3/q-1. The Morgan fingerprint density at radius 2 is 1.39 bits per heavy atom. The van der Waals surface area contributed by atoms with Gasteiger partial charge in [-0.3, -0.25) is 10.2 Å². The summed E-state index contributed by atoms with van der Waals surface area (Å²) in [5.74, 6) is 3.19. The van der Waals surface area contributed by atoms with Crippen LogP contribution in [0.4, 0.5) is 26.3 Å². The molecule has 0 aliphatic carbocycles. The van der Waals surface area contributed by atoms with Gasteiger partial charge in [0, 0.05) is 6.20 Å². The maximum absolute atomic E-state index is 13.6. The van der Waals surface area contributed by atoms with Crippen LogP contribution in [-0.4, -0.2) is 17.9 Å². The van der Waals surface area contributed by atoms with Crippen molar-refractivity contribution in [3.05, 3.63) is 52.8 Å². The molecule has 0 spiro atoms. The summed E-state index contributed by atoms with van der Waals surface area (Å²) in [5, 5.41) is 4.16. The molecular formula is C24H30F6N2Si-. The summed E-state index contributed by atoms with van der Waals surface area (Å²) >= 11 is 0. The summed E-state index contributed by atoms with van der Waals surface area (Å²) in [6.45, 7) is 14.5. The smallest absolute Gasteiger partial charge is 0.278 e. The molecular weight excluding hydrogens is 458 g/mol. The van der Waals surface area contributed by atoms with Crippen LogP contribution in [0.1, 0.15) is 76.8 Å². The van der Waals surface area contributed by atoms with Gasteiger partial charge in [-0.05, 0) is 24.6 Å². The fourth-order valence-corrected chi connectivity index (χ4v) is 9.94. The second kappa shape index (κ2) is 9.57. The van der Waals surface area contributed by atoms with E-state index in [1.54, 1.807) is 6.20 Å². The van der Waals surface area contributed by atoms with Crippen molar-refractivity contribution in [1.82, 2.24) is 9.78 Å². The molecule has 1 unspecified atom stereocenters. The van der Waals surface area contributed by atoms with Crippen molar-refractivity contribution in [2.75, 3.05) is 0 Å². The third-order valence-electron chi connectivity index (χ3n) is 6.42. The molecule has 0 fully saturated rings. The first-order valence-corrected chi connectivity index (χ1v) is 13.1. The maximum atomic E-state index is 13.6. The average molecular weight is 489 g/mol. The zero-order valence-electron chi connectivity index (χ0n) is 19.9. The Balaban J connectivity index is 2.48. The lowest BCUT2D eigenvalue weighted by atomic mass is 9.98. The number of halogens is 6. The molecule has 2 aromatic rings. The summed E-state index contributed by atoms with van der Waals surface area (Å²) in [5.41, 5.74) is 2.41. The van der Waals surface area contributed by atoms with Gasteiger partial charge in [-0.25, -0.2) is 0 Å². The molecule has 183 valence electrons. The highest BCUT2D eigenvalue weighted by atomic mass is 28.3. The zero-order chi connectivity index (χ0) is 25.4. The fourth-order valence-electron chi connectivity index (χ4n) is 4.71. The van der Waals surface area contributed by atoms with Crippen LogP contribution < -0.4 is 0 Å². The van der Waals surface area contributed by atoms with Gasteiger partial charge in [-0.1, -0.05) is 55.7 Å². The first-order chi connectivity index (χ1) is 15.0. The third kappa shape index (κ3) is 5.65. The number of hydrogen-bond acceptors (Lipinski definition) is 1. The van der Waals surface area contributed by atoms with Crippen LogP contribution in [0.25, 0.3) is 0 Å². The summed E-state index contributed by atoms with van der Waals surface area (Å²) in [6, 6.07) is 0.766. The van der Waals surface area contributed by atoms with Gasteiger partial charge < -0.3 is 0 Å². The van der Waals surface area contributed by atoms with Crippen molar-refractivity contribution >= 4 is 8.07 Å². The van der Waals surface area contributed by atoms with Gasteiger partial charge in [0.15, 0.2) is 0 Å². The minimum atomic E-state index is -4.93. The van der Waals surface area contributed by atoms with Crippen molar-refractivity contribution in [2.24, 2.45) is 0 Å². The summed E-state index contributed by atoms with van der Waals surface area (Å²) in [4.78, 5) is 0. The highest BCUT2D eigenvalue weighted by Crippen LogP contribution is 2.41. The summed E-state index contributed by atoms with van der Waals surface area (Å²) in [7, 11) is -2.00. The number of hydrogen-bond donors (Lipinski definition) is 0. The highest BCUT2D eigenvalue weighted by molar-refractivity contribution is 6.90. The second-order valence-electron chi connectivity index (χ2n) is 9.33. The molecule has 0 saturated carbocycles. The number of alkyl halides is 6. The average Bonchev–Trinajstić information content (AvgIpc) is 3.14. The first kappa shape index (κ1) is 27.0.